The van der Waals surface area contributed by atoms with E-state index in [1.54, 1.807) is 7.05 Å². The Morgan fingerprint density at radius 1 is 1.25 bits per heavy atom. The molecule has 110 valence electrons. The van der Waals surface area contributed by atoms with Crippen LogP contribution in [0.1, 0.15) is 13.8 Å². The third-order valence-electron chi connectivity index (χ3n) is 2.71. The number of rotatable bonds is 5. The molecule has 1 aromatic rings. The van der Waals surface area contributed by atoms with Gasteiger partial charge < -0.3 is 10.0 Å². The molecule has 0 aliphatic carbocycles. The van der Waals surface area contributed by atoms with Crippen LogP contribution >= 0.6 is 0 Å². The minimum absolute atomic E-state index is 0.0636. The predicted molar refractivity (Wildman–Crippen MR) is 72.9 cm³/mol. The van der Waals surface area contributed by atoms with E-state index in [-0.39, 0.29) is 10.8 Å². The van der Waals surface area contributed by atoms with Crippen molar-refractivity contribution >= 4 is 27.6 Å². The Kier molecular flexibility index (Phi) is 4.85. The zero-order valence-electron chi connectivity index (χ0n) is 11.3. The molecule has 0 aromatic heterocycles. The van der Waals surface area contributed by atoms with Crippen molar-refractivity contribution in [1.82, 2.24) is 4.72 Å². The third-order valence-corrected chi connectivity index (χ3v) is 4.27. The summed E-state index contributed by atoms with van der Waals surface area (Å²) >= 11 is 0. The standard InChI is InChI=1S/C12H16N2O5S/c1-8(12(16)17)13-20(18,19)11-6-4-10(5-7-11)14(3)9(2)15/h4-8,13H,1-3H3,(H,16,17). The maximum absolute atomic E-state index is 11.9. The van der Waals surface area contributed by atoms with Crippen LogP contribution in [0.2, 0.25) is 0 Å². The van der Waals surface area contributed by atoms with Crippen molar-refractivity contribution in [2.24, 2.45) is 0 Å². The number of hydrogen-bond donors (Lipinski definition) is 2. The Balaban J connectivity index is 2.98. The van der Waals surface area contributed by atoms with Crippen LogP contribution in [0.3, 0.4) is 0 Å². The molecule has 1 rings (SSSR count). The van der Waals surface area contributed by atoms with Crippen LogP contribution in [0.15, 0.2) is 29.2 Å². The lowest BCUT2D eigenvalue weighted by Gasteiger charge is -2.15. The highest BCUT2D eigenvalue weighted by Gasteiger charge is 2.21. The lowest BCUT2D eigenvalue weighted by atomic mass is 10.3. The van der Waals surface area contributed by atoms with Gasteiger partial charge in [0.25, 0.3) is 0 Å². The average molecular weight is 300 g/mol. The maximum Gasteiger partial charge on any atom is 0.321 e. The molecule has 1 unspecified atom stereocenters. The van der Waals surface area contributed by atoms with Gasteiger partial charge in [-0.3, -0.25) is 9.59 Å². The molecule has 0 radical (unpaired) electrons. The highest BCUT2D eigenvalue weighted by atomic mass is 32.2. The van der Waals surface area contributed by atoms with Crippen LogP contribution in [0.5, 0.6) is 0 Å². The van der Waals surface area contributed by atoms with Gasteiger partial charge in [0, 0.05) is 19.7 Å². The number of sulfonamides is 1. The number of carbonyl (C=O) groups excluding carboxylic acids is 1. The molecule has 0 saturated carbocycles. The first kappa shape index (κ1) is 16.1. The summed E-state index contributed by atoms with van der Waals surface area (Å²) in [6, 6.07) is 4.35. The molecular weight excluding hydrogens is 284 g/mol. The van der Waals surface area contributed by atoms with Gasteiger partial charge in [-0.2, -0.15) is 4.72 Å². The minimum atomic E-state index is -3.90. The molecule has 0 aliphatic heterocycles. The maximum atomic E-state index is 11.9. The Hall–Kier alpha value is -1.93. The third kappa shape index (κ3) is 3.78. The summed E-state index contributed by atoms with van der Waals surface area (Å²) in [5, 5.41) is 8.70. The number of nitrogens with one attached hydrogen (secondary N) is 1. The highest BCUT2D eigenvalue weighted by Crippen LogP contribution is 2.17. The Morgan fingerprint density at radius 3 is 2.15 bits per heavy atom. The molecule has 2 N–H and O–H groups in total. The van der Waals surface area contributed by atoms with Gasteiger partial charge in [-0.25, -0.2) is 8.42 Å². The topological polar surface area (TPSA) is 104 Å². The molecule has 0 bridgehead atoms. The number of nitrogens with zero attached hydrogens (tertiary/aromatic N) is 1. The van der Waals surface area contributed by atoms with Gasteiger partial charge in [0.2, 0.25) is 15.9 Å². The lowest BCUT2D eigenvalue weighted by Crippen LogP contribution is -2.38. The first-order valence-electron chi connectivity index (χ1n) is 5.74. The second kappa shape index (κ2) is 6.02. The van der Waals surface area contributed by atoms with E-state index in [0.717, 1.165) is 0 Å². The summed E-state index contributed by atoms with van der Waals surface area (Å²) in [5.41, 5.74) is 0.544. The van der Waals surface area contributed by atoms with E-state index in [0.29, 0.717) is 5.69 Å². The number of benzene rings is 1. The quantitative estimate of drug-likeness (QED) is 0.820. The van der Waals surface area contributed by atoms with Gasteiger partial charge in [-0.1, -0.05) is 0 Å². The van der Waals surface area contributed by atoms with Crippen molar-refractivity contribution in [2.45, 2.75) is 24.8 Å². The summed E-state index contributed by atoms with van der Waals surface area (Å²) in [7, 11) is -2.34. The Labute approximate surface area is 117 Å². The Bertz CT molecular complexity index is 609. The summed E-state index contributed by atoms with van der Waals surface area (Å²) < 4.78 is 25.8. The second-order valence-corrected chi connectivity index (χ2v) is 5.97. The largest absolute Gasteiger partial charge is 0.480 e. The van der Waals surface area contributed by atoms with Crippen LogP contribution in [0.4, 0.5) is 5.69 Å². The van der Waals surface area contributed by atoms with E-state index in [2.05, 4.69) is 0 Å². The van der Waals surface area contributed by atoms with Crippen LogP contribution < -0.4 is 9.62 Å². The van der Waals surface area contributed by atoms with E-state index < -0.39 is 22.0 Å². The summed E-state index contributed by atoms with van der Waals surface area (Å²) in [5.74, 6) is -1.44. The van der Waals surface area contributed by atoms with Crippen molar-refractivity contribution in [2.75, 3.05) is 11.9 Å². The lowest BCUT2D eigenvalue weighted by molar-refractivity contribution is -0.138. The average Bonchev–Trinajstić information content (AvgIpc) is 2.37. The van der Waals surface area contributed by atoms with E-state index >= 15 is 0 Å². The number of hydrogen-bond acceptors (Lipinski definition) is 4. The van der Waals surface area contributed by atoms with Crippen LogP contribution in [-0.2, 0) is 19.6 Å². The Morgan fingerprint density at radius 2 is 1.75 bits per heavy atom. The zero-order valence-corrected chi connectivity index (χ0v) is 12.1. The molecule has 7 nitrogen and oxygen atoms in total. The van der Waals surface area contributed by atoms with Gasteiger partial charge in [-0.05, 0) is 31.2 Å². The normalized spacial score (nSPS) is 12.8. The number of carbonyl (C=O) groups is 2. The first-order chi connectivity index (χ1) is 9.15. The predicted octanol–water partition coefficient (Wildman–Crippen LogP) is 0.421. The molecule has 1 atom stereocenters. The first-order valence-corrected chi connectivity index (χ1v) is 7.23. The number of carboxylic acids is 1. The van der Waals surface area contributed by atoms with Crippen molar-refractivity contribution in [3.8, 4) is 0 Å². The molecule has 1 amide bonds. The van der Waals surface area contributed by atoms with Crippen LogP contribution in [-0.4, -0.2) is 38.5 Å². The van der Waals surface area contributed by atoms with Crippen molar-refractivity contribution in [3.63, 3.8) is 0 Å². The van der Waals surface area contributed by atoms with Gasteiger partial charge in [0.05, 0.1) is 4.90 Å². The fourth-order valence-corrected chi connectivity index (χ4v) is 2.58. The van der Waals surface area contributed by atoms with E-state index in [1.807, 2.05) is 4.72 Å². The summed E-state index contributed by atoms with van der Waals surface area (Å²) in [6.07, 6.45) is 0. The number of aliphatic carboxylic acids is 1. The van der Waals surface area contributed by atoms with Crippen LogP contribution in [0.25, 0.3) is 0 Å². The summed E-state index contributed by atoms with van der Waals surface area (Å²) in [4.78, 5) is 23.1. The highest BCUT2D eigenvalue weighted by molar-refractivity contribution is 7.89. The van der Waals surface area contributed by atoms with Crippen LogP contribution in [0, 0.1) is 0 Å². The molecule has 1 aromatic carbocycles. The smallest absolute Gasteiger partial charge is 0.321 e. The van der Waals surface area contributed by atoms with E-state index in [4.69, 9.17) is 5.11 Å². The van der Waals surface area contributed by atoms with Gasteiger partial charge >= 0.3 is 5.97 Å². The van der Waals surface area contributed by atoms with Gasteiger partial charge in [-0.15, -0.1) is 0 Å². The molecule has 0 heterocycles. The second-order valence-electron chi connectivity index (χ2n) is 4.25. The molecular formula is C12H16N2O5S. The van der Waals surface area contributed by atoms with Crippen molar-refractivity contribution in [1.29, 1.82) is 0 Å². The molecule has 0 spiro atoms. The zero-order chi connectivity index (χ0) is 15.5. The number of carboxylic acid groups (broad SMARTS) is 1. The van der Waals surface area contributed by atoms with Crippen molar-refractivity contribution < 1.29 is 23.1 Å². The van der Waals surface area contributed by atoms with E-state index in [1.165, 1.54) is 43.0 Å². The number of amides is 1. The van der Waals surface area contributed by atoms with E-state index in [9.17, 15) is 18.0 Å². The molecule has 20 heavy (non-hydrogen) atoms. The fourth-order valence-electron chi connectivity index (χ4n) is 1.38. The SMILES string of the molecule is CC(=O)N(C)c1ccc(S(=O)(=O)NC(C)C(=O)O)cc1. The monoisotopic (exact) mass is 300 g/mol. The summed E-state index contributed by atoms with van der Waals surface area (Å²) in [6.45, 7) is 2.62. The number of anilines is 1. The molecule has 0 fully saturated rings. The van der Waals surface area contributed by atoms with Gasteiger partial charge in [0.15, 0.2) is 0 Å². The van der Waals surface area contributed by atoms with Crippen molar-refractivity contribution in [3.05, 3.63) is 24.3 Å². The fraction of sp³-hybridized carbons (Fsp3) is 0.333. The van der Waals surface area contributed by atoms with Gasteiger partial charge in [0.1, 0.15) is 6.04 Å². The minimum Gasteiger partial charge on any atom is -0.480 e. The molecule has 8 heteroatoms. The molecule has 0 aliphatic rings. The molecule has 0 saturated heterocycles.